The zero-order valence-electron chi connectivity index (χ0n) is 14.6. The van der Waals surface area contributed by atoms with Gasteiger partial charge in [0.25, 0.3) is 5.56 Å². The summed E-state index contributed by atoms with van der Waals surface area (Å²) in [5, 5.41) is 6.62. The Kier molecular flexibility index (Phi) is 4.69. The normalized spacial score (nSPS) is 17.1. The number of carbonyl (C=O) groups excluding carboxylic acids is 1. The van der Waals surface area contributed by atoms with Gasteiger partial charge in [-0.3, -0.25) is 4.79 Å². The van der Waals surface area contributed by atoms with Gasteiger partial charge in [0.2, 0.25) is 0 Å². The maximum absolute atomic E-state index is 12.3. The molecule has 4 rings (SSSR count). The second kappa shape index (κ2) is 7.27. The van der Waals surface area contributed by atoms with Crippen molar-refractivity contribution in [2.75, 3.05) is 13.2 Å². The number of ether oxygens (including phenoxy) is 2. The third-order valence-electron chi connectivity index (χ3n) is 4.96. The van der Waals surface area contributed by atoms with E-state index in [0.717, 1.165) is 31.1 Å². The summed E-state index contributed by atoms with van der Waals surface area (Å²) < 4.78 is 11.1. The molecular weight excluding hydrogens is 334 g/mol. The molecule has 0 atom stereocenters. The number of hydrogen-bond acceptors (Lipinski definition) is 4. The Bertz CT molecular complexity index is 871. The Morgan fingerprint density at radius 2 is 1.81 bits per heavy atom. The Balaban J connectivity index is 1.46. The number of urea groups is 1. The van der Waals surface area contributed by atoms with Gasteiger partial charge in [-0.25, -0.2) is 4.79 Å². The second-order valence-corrected chi connectivity index (χ2v) is 6.87. The van der Waals surface area contributed by atoms with Crippen molar-refractivity contribution in [2.24, 2.45) is 0 Å². The summed E-state index contributed by atoms with van der Waals surface area (Å²) in [4.78, 5) is 27.2. The monoisotopic (exact) mass is 357 g/mol. The third-order valence-corrected chi connectivity index (χ3v) is 4.96. The fourth-order valence-electron chi connectivity index (χ4n) is 3.58. The van der Waals surface area contributed by atoms with Crippen LogP contribution in [-0.2, 0) is 6.54 Å². The number of H-pyrrole nitrogens is 1. The number of aromatic nitrogens is 1. The number of benzene rings is 1. The van der Waals surface area contributed by atoms with Gasteiger partial charge in [0, 0.05) is 29.6 Å². The number of amides is 2. The maximum atomic E-state index is 12.3. The van der Waals surface area contributed by atoms with Gasteiger partial charge in [-0.2, -0.15) is 0 Å². The fraction of sp³-hybridized carbons (Fsp3) is 0.474. The topological polar surface area (TPSA) is 92.5 Å². The molecule has 7 heteroatoms. The molecule has 1 aromatic carbocycles. The number of fused-ring (bicyclic) bond motifs is 2. The minimum atomic E-state index is -0.224. The molecule has 0 radical (unpaired) electrons. The lowest BCUT2D eigenvalue weighted by atomic mass is 9.96. The fourth-order valence-corrected chi connectivity index (χ4v) is 3.58. The minimum Gasteiger partial charge on any atom is -0.486 e. The molecular formula is C19H23N3O4. The highest BCUT2D eigenvalue weighted by Crippen LogP contribution is 2.33. The standard InChI is InChI=1S/C19H23N3O4/c23-18-13(11-20-19(24)21-14-4-2-1-3-5-14)8-12-9-16-17(10-15(12)22-18)26-7-6-25-16/h8-10,14H,1-7,11H2,(H,22,23)(H2,20,21,24). The van der Waals surface area contributed by atoms with Gasteiger partial charge < -0.3 is 25.1 Å². The SMILES string of the molecule is O=C(NCc1cc2cc3c(cc2[nH]c1=O)OCCO3)NC1CCCCC1. The predicted molar refractivity (Wildman–Crippen MR) is 97.8 cm³/mol. The molecule has 0 unspecified atom stereocenters. The maximum Gasteiger partial charge on any atom is 0.315 e. The number of rotatable bonds is 3. The van der Waals surface area contributed by atoms with Crippen LogP contribution >= 0.6 is 0 Å². The van der Waals surface area contributed by atoms with Crippen LogP contribution < -0.4 is 25.7 Å². The lowest BCUT2D eigenvalue weighted by Crippen LogP contribution is -2.43. The van der Waals surface area contributed by atoms with E-state index in [0.29, 0.717) is 35.8 Å². The van der Waals surface area contributed by atoms with Crippen LogP contribution in [-0.4, -0.2) is 30.3 Å². The van der Waals surface area contributed by atoms with Gasteiger partial charge in [-0.15, -0.1) is 0 Å². The molecule has 0 spiro atoms. The first-order valence-electron chi connectivity index (χ1n) is 9.19. The van der Waals surface area contributed by atoms with Crippen molar-refractivity contribution in [3.63, 3.8) is 0 Å². The third kappa shape index (κ3) is 3.61. The van der Waals surface area contributed by atoms with Crippen LogP contribution in [0.2, 0.25) is 0 Å². The van der Waals surface area contributed by atoms with E-state index in [2.05, 4.69) is 15.6 Å². The van der Waals surface area contributed by atoms with Crippen molar-refractivity contribution in [1.82, 2.24) is 15.6 Å². The number of pyridine rings is 1. The van der Waals surface area contributed by atoms with Crippen LogP contribution in [0.4, 0.5) is 4.79 Å². The minimum absolute atomic E-state index is 0.179. The summed E-state index contributed by atoms with van der Waals surface area (Å²) >= 11 is 0. The van der Waals surface area contributed by atoms with Gasteiger partial charge in [0.05, 0.1) is 5.52 Å². The number of aromatic amines is 1. The van der Waals surface area contributed by atoms with Crippen molar-refractivity contribution in [3.05, 3.63) is 34.1 Å². The number of hydrogen-bond donors (Lipinski definition) is 3. The Labute approximate surface area is 151 Å². The summed E-state index contributed by atoms with van der Waals surface area (Å²) in [5.74, 6) is 1.31. The van der Waals surface area contributed by atoms with Crippen molar-refractivity contribution in [1.29, 1.82) is 0 Å². The first kappa shape index (κ1) is 16.8. The van der Waals surface area contributed by atoms with E-state index in [-0.39, 0.29) is 24.2 Å². The largest absolute Gasteiger partial charge is 0.486 e. The van der Waals surface area contributed by atoms with E-state index < -0.39 is 0 Å². The zero-order valence-corrected chi connectivity index (χ0v) is 14.6. The van der Waals surface area contributed by atoms with Crippen LogP contribution in [0, 0.1) is 0 Å². The van der Waals surface area contributed by atoms with Crippen LogP contribution in [0.25, 0.3) is 10.9 Å². The van der Waals surface area contributed by atoms with Gasteiger partial charge >= 0.3 is 6.03 Å². The molecule has 2 aliphatic rings. The summed E-state index contributed by atoms with van der Waals surface area (Å²) in [6.45, 7) is 1.19. The molecule has 2 heterocycles. The smallest absolute Gasteiger partial charge is 0.315 e. The quantitative estimate of drug-likeness (QED) is 0.787. The molecule has 3 N–H and O–H groups in total. The van der Waals surface area contributed by atoms with E-state index in [1.807, 2.05) is 6.07 Å². The van der Waals surface area contributed by atoms with Crippen LogP contribution in [0.1, 0.15) is 37.7 Å². The second-order valence-electron chi connectivity index (χ2n) is 6.87. The van der Waals surface area contributed by atoms with Gasteiger partial charge in [-0.05, 0) is 25.0 Å². The van der Waals surface area contributed by atoms with Crippen LogP contribution in [0.15, 0.2) is 23.0 Å². The Morgan fingerprint density at radius 1 is 1.08 bits per heavy atom. The first-order valence-corrected chi connectivity index (χ1v) is 9.19. The predicted octanol–water partition coefficient (Wildman–Crippen LogP) is 2.43. The molecule has 0 bridgehead atoms. The molecule has 1 aromatic heterocycles. The van der Waals surface area contributed by atoms with E-state index >= 15 is 0 Å². The van der Waals surface area contributed by atoms with Crippen LogP contribution in [0.5, 0.6) is 11.5 Å². The molecule has 1 saturated carbocycles. The molecule has 2 amide bonds. The first-order chi connectivity index (χ1) is 12.7. The molecule has 0 saturated heterocycles. The number of carbonyl (C=O) groups is 1. The van der Waals surface area contributed by atoms with E-state index in [1.165, 1.54) is 6.42 Å². The zero-order chi connectivity index (χ0) is 17.9. The molecule has 2 aromatic rings. The van der Waals surface area contributed by atoms with E-state index in [9.17, 15) is 9.59 Å². The average molecular weight is 357 g/mol. The molecule has 138 valence electrons. The highest BCUT2D eigenvalue weighted by Gasteiger charge is 2.16. The van der Waals surface area contributed by atoms with Crippen molar-refractivity contribution >= 4 is 16.9 Å². The van der Waals surface area contributed by atoms with E-state index in [4.69, 9.17) is 9.47 Å². The van der Waals surface area contributed by atoms with Crippen LogP contribution in [0.3, 0.4) is 0 Å². The van der Waals surface area contributed by atoms with Gasteiger partial charge in [0.1, 0.15) is 13.2 Å². The van der Waals surface area contributed by atoms with Crippen molar-refractivity contribution < 1.29 is 14.3 Å². The van der Waals surface area contributed by atoms with Gasteiger partial charge in [-0.1, -0.05) is 19.3 Å². The van der Waals surface area contributed by atoms with Gasteiger partial charge in [0.15, 0.2) is 11.5 Å². The summed E-state index contributed by atoms with van der Waals surface area (Å²) in [7, 11) is 0. The Hall–Kier alpha value is -2.70. The summed E-state index contributed by atoms with van der Waals surface area (Å²) in [6, 6.07) is 5.43. The summed E-state index contributed by atoms with van der Waals surface area (Å²) in [5.41, 5.74) is 0.981. The lowest BCUT2D eigenvalue weighted by molar-refractivity contribution is 0.172. The highest BCUT2D eigenvalue weighted by atomic mass is 16.6. The average Bonchev–Trinajstić information content (AvgIpc) is 2.65. The molecule has 1 fully saturated rings. The number of nitrogens with one attached hydrogen (secondary N) is 3. The molecule has 26 heavy (non-hydrogen) atoms. The Morgan fingerprint density at radius 3 is 2.58 bits per heavy atom. The molecule has 7 nitrogen and oxygen atoms in total. The van der Waals surface area contributed by atoms with Crippen molar-refractivity contribution in [2.45, 2.75) is 44.7 Å². The lowest BCUT2D eigenvalue weighted by Gasteiger charge is -2.22. The van der Waals surface area contributed by atoms with Crippen molar-refractivity contribution in [3.8, 4) is 11.5 Å². The van der Waals surface area contributed by atoms with E-state index in [1.54, 1.807) is 12.1 Å². The molecule has 1 aliphatic carbocycles. The molecule has 1 aliphatic heterocycles. The summed E-state index contributed by atoms with van der Waals surface area (Å²) in [6.07, 6.45) is 5.61. The highest BCUT2D eigenvalue weighted by molar-refractivity contribution is 5.83.